The fourth-order valence-electron chi connectivity index (χ4n) is 2.48. The van der Waals surface area contributed by atoms with Gasteiger partial charge in [-0.3, -0.25) is 4.79 Å². The third-order valence-corrected chi connectivity index (χ3v) is 5.07. The van der Waals surface area contributed by atoms with Crippen LogP contribution in [0.15, 0.2) is 47.4 Å². The van der Waals surface area contributed by atoms with Crippen molar-refractivity contribution >= 4 is 47.0 Å². The Balaban J connectivity index is 1.73. The van der Waals surface area contributed by atoms with Gasteiger partial charge in [0.25, 0.3) is 5.91 Å². The number of ether oxygens (including phenoxy) is 2. The molecule has 6 nitrogen and oxygen atoms in total. The molecule has 1 aliphatic heterocycles. The summed E-state index contributed by atoms with van der Waals surface area (Å²) >= 11 is 7.38. The summed E-state index contributed by atoms with van der Waals surface area (Å²) in [5, 5.41) is 6.62. The number of hydrogen-bond donors (Lipinski definition) is 2. The average molecular weight is 405 g/mol. The molecule has 8 heteroatoms. The summed E-state index contributed by atoms with van der Waals surface area (Å²) in [6, 6.07) is 12.0. The van der Waals surface area contributed by atoms with Crippen molar-refractivity contribution in [2.45, 2.75) is 5.50 Å². The zero-order valence-electron chi connectivity index (χ0n) is 14.6. The molecule has 140 valence electrons. The number of nitrogens with one attached hydrogen (secondary N) is 2. The van der Waals surface area contributed by atoms with Gasteiger partial charge in [-0.1, -0.05) is 35.5 Å². The normalized spacial score (nSPS) is 17.5. The number of amides is 1. The van der Waals surface area contributed by atoms with Gasteiger partial charge in [0, 0.05) is 5.02 Å². The van der Waals surface area contributed by atoms with E-state index in [2.05, 4.69) is 15.4 Å². The summed E-state index contributed by atoms with van der Waals surface area (Å²) in [6.07, 6.45) is 1.76. The molecule has 1 fully saturated rings. The fraction of sp³-hybridized carbons (Fsp3) is 0.158. The Kier molecular flexibility index (Phi) is 5.93. The second-order valence-electron chi connectivity index (χ2n) is 5.58. The number of rotatable bonds is 5. The largest absolute Gasteiger partial charge is 0.495 e. The topological polar surface area (TPSA) is 76.7 Å². The number of halogens is 1. The van der Waals surface area contributed by atoms with Gasteiger partial charge in [-0.2, -0.15) is 0 Å². The van der Waals surface area contributed by atoms with Crippen LogP contribution in [0.2, 0.25) is 5.02 Å². The molecule has 0 bridgehead atoms. The standard InChI is InChI=1S/C19H17ClN2O4S/c1-25-15-8-7-13(20)10-14(15)21-19-22-17(23)16(27-19)9-11-3-5-12(6-4-11)18(24)26-2/h3-10,19,21H,1-2H3,(H,22,23)/b16-9-. The molecule has 1 amide bonds. The van der Waals surface area contributed by atoms with E-state index in [0.717, 1.165) is 5.56 Å². The highest BCUT2D eigenvalue weighted by molar-refractivity contribution is 8.05. The van der Waals surface area contributed by atoms with Gasteiger partial charge in [0.05, 0.1) is 30.4 Å². The summed E-state index contributed by atoms with van der Waals surface area (Å²) in [4.78, 5) is 24.3. The molecule has 2 aromatic carbocycles. The van der Waals surface area contributed by atoms with Crippen LogP contribution in [-0.4, -0.2) is 31.6 Å². The van der Waals surface area contributed by atoms with Crippen LogP contribution < -0.4 is 15.4 Å². The molecular formula is C19H17ClN2O4S. The van der Waals surface area contributed by atoms with Crippen molar-refractivity contribution in [3.05, 3.63) is 63.5 Å². The summed E-state index contributed by atoms with van der Waals surface area (Å²) < 4.78 is 9.98. The van der Waals surface area contributed by atoms with Gasteiger partial charge in [0.2, 0.25) is 0 Å². The molecule has 0 aromatic heterocycles. The highest BCUT2D eigenvalue weighted by Crippen LogP contribution is 2.34. The second-order valence-corrected chi connectivity index (χ2v) is 7.17. The monoisotopic (exact) mass is 404 g/mol. The van der Waals surface area contributed by atoms with Gasteiger partial charge in [-0.25, -0.2) is 4.79 Å². The highest BCUT2D eigenvalue weighted by atomic mass is 35.5. The number of carbonyl (C=O) groups is 2. The maximum absolute atomic E-state index is 12.3. The van der Waals surface area contributed by atoms with Crippen molar-refractivity contribution in [2.24, 2.45) is 0 Å². The molecule has 2 aromatic rings. The maximum Gasteiger partial charge on any atom is 0.337 e. The molecule has 1 saturated heterocycles. The molecule has 2 N–H and O–H groups in total. The predicted octanol–water partition coefficient (Wildman–Crippen LogP) is 3.73. The van der Waals surface area contributed by atoms with Crippen LogP contribution >= 0.6 is 23.4 Å². The number of esters is 1. The van der Waals surface area contributed by atoms with E-state index < -0.39 is 5.97 Å². The van der Waals surface area contributed by atoms with Crippen LogP contribution in [0.3, 0.4) is 0 Å². The molecule has 0 aliphatic carbocycles. The lowest BCUT2D eigenvalue weighted by Crippen LogP contribution is -2.31. The Morgan fingerprint density at radius 3 is 2.63 bits per heavy atom. The lowest BCUT2D eigenvalue weighted by Gasteiger charge is -2.15. The van der Waals surface area contributed by atoms with Gasteiger partial charge in [0.1, 0.15) is 5.75 Å². The van der Waals surface area contributed by atoms with Crippen LogP contribution in [0.1, 0.15) is 15.9 Å². The van der Waals surface area contributed by atoms with Gasteiger partial charge < -0.3 is 20.1 Å². The lowest BCUT2D eigenvalue weighted by molar-refractivity contribution is -0.116. The Morgan fingerprint density at radius 1 is 1.22 bits per heavy atom. The maximum atomic E-state index is 12.3. The molecule has 27 heavy (non-hydrogen) atoms. The van der Waals surface area contributed by atoms with Crippen molar-refractivity contribution < 1.29 is 19.1 Å². The van der Waals surface area contributed by atoms with E-state index in [1.807, 2.05) is 0 Å². The van der Waals surface area contributed by atoms with Gasteiger partial charge >= 0.3 is 5.97 Å². The molecule has 3 rings (SSSR count). The summed E-state index contributed by atoms with van der Waals surface area (Å²) in [5.74, 6) is 0.0440. The van der Waals surface area contributed by atoms with E-state index in [1.165, 1.54) is 18.9 Å². The summed E-state index contributed by atoms with van der Waals surface area (Å²) in [7, 11) is 2.90. The zero-order valence-corrected chi connectivity index (χ0v) is 16.2. The zero-order chi connectivity index (χ0) is 19.4. The smallest absolute Gasteiger partial charge is 0.337 e. The van der Waals surface area contributed by atoms with Crippen molar-refractivity contribution in [3.8, 4) is 5.75 Å². The van der Waals surface area contributed by atoms with E-state index in [0.29, 0.717) is 26.9 Å². The molecule has 1 unspecified atom stereocenters. The van der Waals surface area contributed by atoms with Crippen molar-refractivity contribution in [1.29, 1.82) is 0 Å². The molecular weight excluding hydrogens is 388 g/mol. The molecule has 0 saturated carbocycles. The summed E-state index contributed by atoms with van der Waals surface area (Å²) in [6.45, 7) is 0. The van der Waals surface area contributed by atoms with E-state index in [4.69, 9.17) is 16.3 Å². The Bertz CT molecular complexity index is 899. The second kappa shape index (κ2) is 8.37. The van der Waals surface area contributed by atoms with E-state index in [1.54, 1.807) is 55.7 Å². The Hall–Kier alpha value is -2.64. The van der Waals surface area contributed by atoms with Crippen LogP contribution in [0.4, 0.5) is 5.69 Å². The minimum Gasteiger partial charge on any atom is -0.495 e. The van der Waals surface area contributed by atoms with E-state index in [9.17, 15) is 9.59 Å². The molecule has 1 aliphatic rings. The first kappa shape index (κ1) is 19.1. The van der Waals surface area contributed by atoms with Crippen LogP contribution in [-0.2, 0) is 9.53 Å². The third-order valence-electron chi connectivity index (χ3n) is 3.81. The molecule has 0 spiro atoms. The first-order valence-corrected chi connectivity index (χ1v) is 9.23. The fourth-order valence-corrected chi connectivity index (χ4v) is 3.63. The molecule has 1 heterocycles. The number of carbonyl (C=O) groups excluding carboxylic acids is 2. The highest BCUT2D eigenvalue weighted by Gasteiger charge is 2.27. The van der Waals surface area contributed by atoms with Gasteiger partial charge in [-0.05, 0) is 42.0 Å². The van der Waals surface area contributed by atoms with Gasteiger partial charge in [-0.15, -0.1) is 0 Å². The predicted molar refractivity (Wildman–Crippen MR) is 107 cm³/mol. The number of methoxy groups -OCH3 is 2. The minimum absolute atomic E-state index is 0.185. The van der Waals surface area contributed by atoms with Crippen molar-refractivity contribution in [1.82, 2.24) is 5.32 Å². The van der Waals surface area contributed by atoms with Crippen LogP contribution in [0.25, 0.3) is 6.08 Å². The number of thioether (sulfide) groups is 1. The molecule has 0 radical (unpaired) electrons. The Labute approximate surface area is 165 Å². The van der Waals surface area contributed by atoms with Crippen LogP contribution in [0.5, 0.6) is 5.75 Å². The SMILES string of the molecule is COC(=O)c1ccc(/C=C2\SC(Nc3cc(Cl)ccc3OC)NC2=O)cc1. The van der Waals surface area contributed by atoms with E-state index in [-0.39, 0.29) is 11.4 Å². The average Bonchev–Trinajstić information content (AvgIpc) is 3.01. The quantitative estimate of drug-likeness (QED) is 0.584. The van der Waals surface area contributed by atoms with Crippen molar-refractivity contribution in [2.75, 3.05) is 19.5 Å². The van der Waals surface area contributed by atoms with Crippen molar-refractivity contribution in [3.63, 3.8) is 0 Å². The number of hydrogen-bond acceptors (Lipinski definition) is 6. The lowest BCUT2D eigenvalue weighted by atomic mass is 10.1. The summed E-state index contributed by atoms with van der Waals surface area (Å²) in [5.41, 5.74) is 1.59. The van der Waals surface area contributed by atoms with Gasteiger partial charge in [0.15, 0.2) is 5.50 Å². The van der Waals surface area contributed by atoms with Crippen LogP contribution in [0, 0.1) is 0 Å². The third kappa shape index (κ3) is 4.56. The number of anilines is 1. The minimum atomic E-state index is -0.401. The number of benzene rings is 2. The first-order valence-electron chi connectivity index (χ1n) is 7.98. The molecule has 1 atom stereocenters. The Morgan fingerprint density at radius 2 is 1.96 bits per heavy atom. The van der Waals surface area contributed by atoms with E-state index >= 15 is 0 Å². The first-order chi connectivity index (χ1) is 13.0.